The van der Waals surface area contributed by atoms with Crippen molar-refractivity contribution in [1.29, 1.82) is 0 Å². The van der Waals surface area contributed by atoms with Crippen LogP contribution in [0.2, 0.25) is 0 Å². The summed E-state index contributed by atoms with van der Waals surface area (Å²) in [5, 5.41) is 8.63. The van der Waals surface area contributed by atoms with E-state index in [-0.39, 0.29) is 17.5 Å². The molecule has 5 rings (SSSR count). The summed E-state index contributed by atoms with van der Waals surface area (Å²) in [4.78, 5) is 34.6. The zero-order valence-electron chi connectivity index (χ0n) is 20.7. The van der Waals surface area contributed by atoms with Gasteiger partial charge in [-0.15, -0.1) is 11.3 Å². The van der Waals surface area contributed by atoms with Crippen LogP contribution in [-0.4, -0.2) is 55.0 Å². The van der Waals surface area contributed by atoms with Crippen molar-refractivity contribution in [3.05, 3.63) is 76.6 Å². The Morgan fingerprint density at radius 1 is 1.31 bits per heavy atom. The number of nitrogens with one attached hydrogen (secondary N) is 2. The SMILES string of the molecule is C=C/C=C(\C(=C/C)NC(=O)c1csc(N2Cc3ccc(OC)cc3C2=O)n1)N1CCC2(CC1)CNC2. The lowest BCUT2D eigenvalue weighted by Gasteiger charge is -2.49. The van der Waals surface area contributed by atoms with E-state index < -0.39 is 0 Å². The van der Waals surface area contributed by atoms with Gasteiger partial charge in [-0.3, -0.25) is 14.5 Å². The number of anilines is 1. The first kappa shape index (κ1) is 24.3. The van der Waals surface area contributed by atoms with Crippen LogP contribution >= 0.6 is 11.3 Å². The monoisotopic (exact) mass is 505 g/mol. The molecular weight excluding hydrogens is 474 g/mol. The van der Waals surface area contributed by atoms with Gasteiger partial charge in [-0.25, -0.2) is 4.98 Å². The highest BCUT2D eigenvalue weighted by atomic mass is 32.1. The molecule has 188 valence electrons. The third-order valence-corrected chi connectivity index (χ3v) is 8.19. The minimum absolute atomic E-state index is 0.139. The van der Waals surface area contributed by atoms with Crippen LogP contribution in [0.15, 0.2) is 59.8 Å². The van der Waals surface area contributed by atoms with Gasteiger partial charge in [0.15, 0.2) is 5.13 Å². The average molecular weight is 506 g/mol. The van der Waals surface area contributed by atoms with Crippen molar-refractivity contribution in [1.82, 2.24) is 20.5 Å². The van der Waals surface area contributed by atoms with Gasteiger partial charge in [0.2, 0.25) is 0 Å². The van der Waals surface area contributed by atoms with Crippen molar-refractivity contribution < 1.29 is 14.3 Å². The number of carbonyl (C=O) groups excluding carboxylic acids is 2. The molecule has 2 amide bonds. The van der Waals surface area contributed by atoms with Crippen LogP contribution in [0.5, 0.6) is 5.75 Å². The quantitative estimate of drug-likeness (QED) is 0.558. The fourth-order valence-electron chi connectivity index (χ4n) is 5.06. The standard InChI is InChI=1S/C27H31N5O3S/c1-4-6-23(31-11-9-27(10-12-31)16-28-17-27)21(5-2)29-24(33)22-15-36-26(30-22)32-14-18-7-8-19(35-3)13-20(18)25(32)34/h4-8,13,15,28H,1,9-12,14,16-17H2,2-3H3,(H,29,33)/b21-5+,23-6+. The Morgan fingerprint density at radius 3 is 2.72 bits per heavy atom. The van der Waals surface area contributed by atoms with Crippen LogP contribution in [0, 0.1) is 5.41 Å². The number of benzene rings is 1. The van der Waals surface area contributed by atoms with E-state index in [1.54, 1.807) is 29.5 Å². The fraction of sp³-hybridized carbons (Fsp3) is 0.370. The molecule has 8 nitrogen and oxygen atoms in total. The number of piperidine rings is 1. The topological polar surface area (TPSA) is 86.8 Å². The van der Waals surface area contributed by atoms with Crippen LogP contribution in [0.25, 0.3) is 0 Å². The van der Waals surface area contributed by atoms with E-state index in [2.05, 4.69) is 27.1 Å². The van der Waals surface area contributed by atoms with E-state index in [1.165, 1.54) is 11.3 Å². The molecular formula is C27H31N5O3S. The van der Waals surface area contributed by atoms with Crippen molar-refractivity contribution in [2.45, 2.75) is 26.3 Å². The number of fused-ring (bicyclic) bond motifs is 1. The highest BCUT2D eigenvalue weighted by Gasteiger charge is 2.40. The molecule has 0 radical (unpaired) electrons. The summed E-state index contributed by atoms with van der Waals surface area (Å²) < 4.78 is 5.25. The fourth-order valence-corrected chi connectivity index (χ4v) is 5.86. The lowest BCUT2D eigenvalue weighted by atomic mass is 9.73. The van der Waals surface area contributed by atoms with E-state index in [9.17, 15) is 9.59 Å². The van der Waals surface area contributed by atoms with Gasteiger partial charge in [-0.1, -0.05) is 24.8 Å². The number of allylic oxidation sites excluding steroid dienone is 3. The zero-order valence-corrected chi connectivity index (χ0v) is 21.5. The van der Waals surface area contributed by atoms with Gasteiger partial charge in [0, 0.05) is 37.1 Å². The smallest absolute Gasteiger partial charge is 0.275 e. The van der Waals surface area contributed by atoms with E-state index in [4.69, 9.17) is 4.74 Å². The number of thiazole rings is 1. The number of likely N-dealkylation sites (tertiary alicyclic amines) is 1. The van der Waals surface area contributed by atoms with Crippen LogP contribution in [0.4, 0.5) is 5.13 Å². The summed E-state index contributed by atoms with van der Waals surface area (Å²) in [5.74, 6) is 0.196. The van der Waals surface area contributed by atoms with E-state index >= 15 is 0 Å². The number of ether oxygens (including phenoxy) is 1. The average Bonchev–Trinajstić information content (AvgIpc) is 3.50. The Hall–Kier alpha value is -3.43. The van der Waals surface area contributed by atoms with Crippen LogP contribution in [0.1, 0.15) is 46.2 Å². The third-order valence-electron chi connectivity index (χ3n) is 7.33. The van der Waals surface area contributed by atoms with Gasteiger partial charge in [0.1, 0.15) is 11.4 Å². The first-order valence-electron chi connectivity index (χ1n) is 12.2. The molecule has 3 aliphatic rings. The molecule has 2 saturated heterocycles. The maximum Gasteiger partial charge on any atom is 0.275 e. The molecule has 1 aromatic carbocycles. The lowest BCUT2D eigenvalue weighted by molar-refractivity contribution is 0.0703. The summed E-state index contributed by atoms with van der Waals surface area (Å²) in [5.41, 5.74) is 3.92. The molecule has 0 unspecified atom stereocenters. The van der Waals surface area contributed by atoms with Crippen molar-refractivity contribution >= 4 is 28.3 Å². The van der Waals surface area contributed by atoms with Gasteiger partial charge in [0.25, 0.3) is 11.8 Å². The van der Waals surface area contributed by atoms with Crippen LogP contribution in [0.3, 0.4) is 0 Å². The Kier molecular flexibility index (Phi) is 6.68. The number of nitrogens with zero attached hydrogens (tertiary/aromatic N) is 3. The first-order chi connectivity index (χ1) is 17.5. The summed E-state index contributed by atoms with van der Waals surface area (Å²) in [7, 11) is 1.58. The van der Waals surface area contributed by atoms with Gasteiger partial charge < -0.3 is 20.3 Å². The number of rotatable bonds is 7. The van der Waals surface area contributed by atoms with Gasteiger partial charge >= 0.3 is 0 Å². The summed E-state index contributed by atoms with van der Waals surface area (Å²) in [6, 6.07) is 5.48. The molecule has 9 heteroatoms. The van der Waals surface area contributed by atoms with Gasteiger partial charge in [0.05, 0.1) is 25.0 Å². The molecule has 3 aliphatic heterocycles. The van der Waals surface area contributed by atoms with Crippen LogP contribution < -0.4 is 20.3 Å². The predicted octanol–water partition coefficient (Wildman–Crippen LogP) is 3.70. The molecule has 1 spiro atoms. The number of carbonyl (C=O) groups is 2. The second-order valence-corrected chi connectivity index (χ2v) is 10.3. The largest absolute Gasteiger partial charge is 0.497 e. The molecule has 0 atom stereocenters. The van der Waals surface area contributed by atoms with Crippen molar-refractivity contribution in [2.24, 2.45) is 5.41 Å². The zero-order chi connectivity index (χ0) is 25.3. The maximum atomic E-state index is 13.2. The Morgan fingerprint density at radius 2 is 2.08 bits per heavy atom. The predicted molar refractivity (Wildman–Crippen MR) is 141 cm³/mol. The molecule has 0 saturated carbocycles. The number of hydrogen-bond acceptors (Lipinski definition) is 7. The molecule has 0 aliphatic carbocycles. The third kappa shape index (κ3) is 4.44. The highest BCUT2D eigenvalue weighted by Crippen LogP contribution is 2.37. The van der Waals surface area contributed by atoms with E-state index in [0.717, 1.165) is 56.0 Å². The van der Waals surface area contributed by atoms with E-state index in [1.807, 2.05) is 31.2 Å². The molecule has 2 N–H and O–H groups in total. The van der Waals surface area contributed by atoms with Crippen LogP contribution in [-0.2, 0) is 6.54 Å². The Bertz CT molecular complexity index is 1250. The molecule has 4 heterocycles. The normalized spacial score (nSPS) is 19.2. The van der Waals surface area contributed by atoms with E-state index in [0.29, 0.717) is 28.4 Å². The number of hydrogen-bond donors (Lipinski definition) is 2. The number of methoxy groups -OCH3 is 1. The molecule has 2 fully saturated rings. The summed E-state index contributed by atoms with van der Waals surface area (Å²) in [6.07, 6.45) is 7.88. The summed E-state index contributed by atoms with van der Waals surface area (Å²) >= 11 is 1.28. The summed E-state index contributed by atoms with van der Waals surface area (Å²) in [6.45, 7) is 10.3. The maximum absolute atomic E-state index is 13.2. The van der Waals surface area contributed by atoms with Gasteiger partial charge in [-0.2, -0.15) is 0 Å². The number of amides is 2. The van der Waals surface area contributed by atoms with Gasteiger partial charge in [-0.05, 0) is 49.0 Å². The molecule has 0 bridgehead atoms. The second kappa shape index (κ2) is 9.91. The molecule has 1 aromatic heterocycles. The molecule has 36 heavy (non-hydrogen) atoms. The van der Waals surface area contributed by atoms with Crippen molar-refractivity contribution in [3.63, 3.8) is 0 Å². The van der Waals surface area contributed by atoms with Crippen molar-refractivity contribution in [3.8, 4) is 5.75 Å². The minimum Gasteiger partial charge on any atom is -0.497 e. The molecule has 2 aromatic rings. The Balaban J connectivity index is 1.27. The highest BCUT2D eigenvalue weighted by molar-refractivity contribution is 7.14. The minimum atomic E-state index is -0.303. The Labute approximate surface area is 215 Å². The number of aromatic nitrogens is 1. The second-order valence-electron chi connectivity index (χ2n) is 9.46. The lowest BCUT2D eigenvalue weighted by Crippen LogP contribution is -2.58. The first-order valence-corrected chi connectivity index (χ1v) is 13.1. The van der Waals surface area contributed by atoms with Crippen molar-refractivity contribution in [2.75, 3.05) is 38.2 Å².